The van der Waals surface area contributed by atoms with E-state index in [2.05, 4.69) is 33.8 Å². The van der Waals surface area contributed by atoms with Gasteiger partial charge in [0, 0.05) is 28.3 Å². The van der Waals surface area contributed by atoms with E-state index >= 15 is 0 Å². The molecule has 140 valence electrons. The number of rotatable bonds is 1. The number of furan rings is 1. The van der Waals surface area contributed by atoms with Crippen molar-refractivity contribution in [2.24, 2.45) is 11.3 Å². The Morgan fingerprint density at radius 3 is 2.62 bits per heavy atom. The van der Waals surface area contributed by atoms with Gasteiger partial charge < -0.3 is 13.9 Å². The zero-order valence-corrected chi connectivity index (χ0v) is 16.5. The highest BCUT2D eigenvalue weighted by molar-refractivity contribution is 5.87. The highest BCUT2D eigenvalue weighted by Crippen LogP contribution is 2.64. The molecule has 4 atom stereocenters. The minimum Gasteiger partial charge on any atom is -0.460 e. The van der Waals surface area contributed by atoms with Crippen molar-refractivity contribution in [1.82, 2.24) is 0 Å². The van der Waals surface area contributed by atoms with Crippen LogP contribution in [0, 0.1) is 11.3 Å². The second-order valence-corrected chi connectivity index (χ2v) is 9.12. The van der Waals surface area contributed by atoms with Crippen molar-refractivity contribution in [3.63, 3.8) is 0 Å². The third-order valence-electron chi connectivity index (χ3n) is 8.22. The Kier molecular flexibility index (Phi) is 3.45. The largest absolute Gasteiger partial charge is 0.460 e. The third kappa shape index (κ3) is 1.90. The Morgan fingerprint density at radius 2 is 1.85 bits per heavy atom. The zero-order valence-electron chi connectivity index (χ0n) is 16.5. The number of hydrogen-bond donors (Lipinski definition) is 0. The van der Waals surface area contributed by atoms with Gasteiger partial charge in [-0.25, -0.2) is 0 Å². The fourth-order valence-corrected chi connectivity index (χ4v) is 6.67. The molecule has 3 nitrogen and oxygen atoms in total. The molecule has 0 N–H and O–H groups in total. The summed E-state index contributed by atoms with van der Waals surface area (Å²) in [4.78, 5) is 0. The Labute approximate surface area is 156 Å². The van der Waals surface area contributed by atoms with Gasteiger partial charge in [-0.1, -0.05) is 40.5 Å². The summed E-state index contributed by atoms with van der Waals surface area (Å²) < 4.78 is 17.8. The van der Waals surface area contributed by atoms with Crippen LogP contribution in [0.15, 0.2) is 16.5 Å². The van der Waals surface area contributed by atoms with E-state index in [0.29, 0.717) is 18.1 Å². The highest BCUT2D eigenvalue weighted by Gasteiger charge is 2.56. The summed E-state index contributed by atoms with van der Waals surface area (Å²) in [6.45, 7) is 10.1. The van der Waals surface area contributed by atoms with E-state index < -0.39 is 0 Å². The molecule has 1 saturated carbocycles. The van der Waals surface area contributed by atoms with Gasteiger partial charge in [-0.15, -0.1) is 0 Å². The molecule has 2 aliphatic carbocycles. The number of ether oxygens (including phenoxy) is 2. The summed E-state index contributed by atoms with van der Waals surface area (Å²) >= 11 is 0. The van der Waals surface area contributed by atoms with E-state index in [4.69, 9.17) is 13.9 Å². The number of benzene rings is 1. The Balaban J connectivity index is 1.83. The van der Waals surface area contributed by atoms with Crippen LogP contribution >= 0.6 is 0 Å². The van der Waals surface area contributed by atoms with Crippen LogP contribution in [0.3, 0.4) is 0 Å². The molecule has 0 bridgehead atoms. The van der Waals surface area contributed by atoms with Crippen molar-refractivity contribution in [2.45, 2.75) is 77.6 Å². The van der Waals surface area contributed by atoms with Gasteiger partial charge >= 0.3 is 0 Å². The molecule has 3 heteroatoms. The van der Waals surface area contributed by atoms with Crippen LogP contribution in [-0.2, 0) is 5.41 Å². The average molecular weight is 354 g/mol. The summed E-state index contributed by atoms with van der Waals surface area (Å²) in [7, 11) is 0. The first-order valence-corrected chi connectivity index (χ1v) is 10.4. The Morgan fingerprint density at radius 1 is 1.08 bits per heavy atom. The van der Waals surface area contributed by atoms with Gasteiger partial charge in [0.2, 0.25) is 6.79 Å². The van der Waals surface area contributed by atoms with E-state index in [0.717, 1.165) is 23.0 Å². The van der Waals surface area contributed by atoms with Crippen LogP contribution in [0.2, 0.25) is 0 Å². The van der Waals surface area contributed by atoms with Crippen LogP contribution in [0.4, 0.5) is 0 Å². The van der Waals surface area contributed by atoms with Gasteiger partial charge in [0.1, 0.15) is 11.3 Å². The minimum atomic E-state index is 0.165. The molecule has 0 spiro atoms. The second-order valence-electron chi connectivity index (χ2n) is 9.12. The van der Waals surface area contributed by atoms with E-state index in [9.17, 15) is 0 Å². The Bertz CT molecular complexity index is 866. The van der Waals surface area contributed by atoms with E-state index in [1.807, 2.05) is 6.07 Å². The normalized spacial score (nSPS) is 35.8. The lowest BCUT2D eigenvalue weighted by Crippen LogP contribution is -2.50. The molecule has 1 fully saturated rings. The molecule has 0 saturated heterocycles. The molecule has 2 aromatic rings. The lowest BCUT2D eigenvalue weighted by Gasteiger charge is -2.55. The first kappa shape index (κ1) is 16.5. The quantitative estimate of drug-likeness (QED) is 0.583. The molecule has 0 radical (unpaired) electrons. The van der Waals surface area contributed by atoms with Crippen molar-refractivity contribution in [1.29, 1.82) is 0 Å². The van der Waals surface area contributed by atoms with Crippen molar-refractivity contribution < 1.29 is 13.9 Å². The third-order valence-corrected chi connectivity index (χ3v) is 8.22. The summed E-state index contributed by atoms with van der Waals surface area (Å²) in [5.74, 6) is 4.12. The van der Waals surface area contributed by atoms with Crippen molar-refractivity contribution in [3.8, 4) is 11.5 Å². The average Bonchev–Trinajstić information content (AvgIpc) is 3.20. The fourth-order valence-electron chi connectivity index (χ4n) is 6.67. The second kappa shape index (κ2) is 5.43. The van der Waals surface area contributed by atoms with Crippen molar-refractivity contribution in [3.05, 3.63) is 23.5 Å². The zero-order chi connectivity index (χ0) is 18.1. The maximum absolute atomic E-state index is 6.51. The molecule has 0 unspecified atom stereocenters. The predicted molar refractivity (Wildman–Crippen MR) is 103 cm³/mol. The van der Waals surface area contributed by atoms with Gasteiger partial charge in [0.15, 0.2) is 11.5 Å². The summed E-state index contributed by atoms with van der Waals surface area (Å²) in [6, 6.07) is 4.23. The topological polar surface area (TPSA) is 31.6 Å². The van der Waals surface area contributed by atoms with E-state index in [1.165, 1.54) is 55.2 Å². The van der Waals surface area contributed by atoms with E-state index in [1.54, 1.807) is 0 Å². The van der Waals surface area contributed by atoms with E-state index in [-0.39, 0.29) is 5.41 Å². The maximum atomic E-state index is 6.51. The highest BCUT2D eigenvalue weighted by atomic mass is 16.7. The lowest BCUT2D eigenvalue weighted by molar-refractivity contribution is -0.000610. The van der Waals surface area contributed by atoms with Crippen LogP contribution < -0.4 is 9.47 Å². The van der Waals surface area contributed by atoms with Gasteiger partial charge in [0.25, 0.3) is 0 Å². The Hall–Kier alpha value is -1.64. The molecule has 5 rings (SSSR count). The fraction of sp³-hybridized carbons (Fsp3) is 0.652. The van der Waals surface area contributed by atoms with Crippen LogP contribution in [-0.4, -0.2) is 6.79 Å². The monoisotopic (exact) mass is 354 g/mol. The van der Waals surface area contributed by atoms with Gasteiger partial charge in [-0.2, -0.15) is 0 Å². The standard InChI is InChI=1S/C23H30O3/c1-5-23-10-8-14(2)21-20(22(23,4)9-6-7-15(23)3)16-11-18-19(25-13-24-18)12-17(16)26-21/h11-12,14-15H,5-10,13H2,1-4H3/t14-,15-,22+,23-/m0/s1. The molecule has 0 amide bonds. The smallest absolute Gasteiger partial charge is 0.231 e. The molecule has 1 aromatic heterocycles. The van der Waals surface area contributed by atoms with Crippen LogP contribution in [0.25, 0.3) is 11.0 Å². The number of hydrogen-bond acceptors (Lipinski definition) is 3. The first-order valence-electron chi connectivity index (χ1n) is 10.4. The maximum Gasteiger partial charge on any atom is 0.231 e. The van der Waals surface area contributed by atoms with Crippen molar-refractivity contribution >= 4 is 11.0 Å². The van der Waals surface area contributed by atoms with Gasteiger partial charge in [0.05, 0.1) is 0 Å². The molecule has 3 aliphatic rings. The molecule has 1 aromatic carbocycles. The summed E-state index contributed by atoms with van der Waals surface area (Å²) in [5, 5.41) is 1.26. The lowest BCUT2D eigenvalue weighted by atomic mass is 9.48. The summed E-state index contributed by atoms with van der Waals surface area (Å²) in [6.07, 6.45) is 7.69. The van der Waals surface area contributed by atoms with Crippen LogP contribution in [0.5, 0.6) is 11.5 Å². The van der Waals surface area contributed by atoms with Gasteiger partial charge in [-0.05, 0) is 43.1 Å². The molecular formula is C23H30O3. The number of fused-ring (bicyclic) bond motifs is 6. The molecule has 2 heterocycles. The van der Waals surface area contributed by atoms with Gasteiger partial charge in [-0.3, -0.25) is 0 Å². The molecule has 1 aliphatic heterocycles. The molecule has 26 heavy (non-hydrogen) atoms. The van der Waals surface area contributed by atoms with Crippen molar-refractivity contribution in [2.75, 3.05) is 6.79 Å². The summed E-state index contributed by atoms with van der Waals surface area (Å²) in [5.41, 5.74) is 2.97. The SMILES string of the molecule is CC[C@@]12CC[C@H](C)c3oc4cc5c(cc4c3[C@@]1(C)CCC[C@@H]2C)OCO5. The molecular weight excluding hydrogens is 324 g/mol. The minimum absolute atomic E-state index is 0.165. The first-order chi connectivity index (χ1) is 12.5. The predicted octanol–water partition coefficient (Wildman–Crippen LogP) is 6.53. The van der Waals surface area contributed by atoms with Crippen LogP contribution in [0.1, 0.15) is 83.5 Å².